The molecule has 0 saturated carbocycles. The average molecular weight is 267 g/mol. The fraction of sp³-hybridized carbons (Fsp3) is 0.200. The molecule has 0 radical (unpaired) electrons. The van der Waals surface area contributed by atoms with Crippen LogP contribution in [0.25, 0.3) is 0 Å². The predicted molar refractivity (Wildman–Crippen MR) is 73.5 cm³/mol. The number of benzene rings is 1. The van der Waals surface area contributed by atoms with Crippen LogP contribution in [0, 0.1) is 0 Å². The molecule has 0 saturated heterocycles. The molecule has 1 aliphatic rings. The van der Waals surface area contributed by atoms with Gasteiger partial charge in [-0.1, -0.05) is 0 Å². The van der Waals surface area contributed by atoms with Crippen molar-refractivity contribution in [1.29, 1.82) is 0 Å². The number of aryl methyl sites for hydroxylation is 1. The zero-order valence-electron chi connectivity index (χ0n) is 10.8. The summed E-state index contributed by atoms with van der Waals surface area (Å²) in [6.07, 6.45) is 4.46. The first-order chi connectivity index (χ1) is 9.72. The maximum absolute atomic E-state index is 12.2. The average Bonchev–Trinajstić information content (AvgIpc) is 2.47. The molecule has 2 heterocycles. The molecule has 0 bridgehead atoms. The highest BCUT2D eigenvalue weighted by Crippen LogP contribution is 2.24. The van der Waals surface area contributed by atoms with Crippen molar-refractivity contribution < 1.29 is 9.59 Å². The third-order valence-electron chi connectivity index (χ3n) is 3.31. The monoisotopic (exact) mass is 267 g/mol. The van der Waals surface area contributed by atoms with Crippen LogP contribution in [0.4, 0.5) is 5.69 Å². The minimum absolute atomic E-state index is 0.0170. The number of hydrogen-bond donors (Lipinski definition) is 1. The van der Waals surface area contributed by atoms with Gasteiger partial charge >= 0.3 is 0 Å². The van der Waals surface area contributed by atoms with Crippen LogP contribution in [-0.4, -0.2) is 21.7 Å². The van der Waals surface area contributed by atoms with E-state index in [1.807, 2.05) is 6.07 Å². The lowest BCUT2D eigenvalue weighted by Crippen LogP contribution is -2.19. The molecule has 0 atom stereocenters. The van der Waals surface area contributed by atoms with Crippen molar-refractivity contribution in [2.24, 2.45) is 0 Å². The van der Waals surface area contributed by atoms with Crippen molar-refractivity contribution in [3.63, 3.8) is 0 Å². The molecule has 0 spiro atoms. The Morgan fingerprint density at radius 3 is 2.95 bits per heavy atom. The number of aromatic nitrogens is 2. The lowest BCUT2D eigenvalue weighted by Gasteiger charge is -2.17. The lowest BCUT2D eigenvalue weighted by molar-refractivity contribution is -0.116. The molecular formula is C15H13N3O2. The van der Waals surface area contributed by atoms with E-state index in [1.165, 1.54) is 6.33 Å². The molecule has 5 heteroatoms. The first-order valence-corrected chi connectivity index (χ1v) is 6.43. The maximum atomic E-state index is 12.2. The van der Waals surface area contributed by atoms with Gasteiger partial charge in [-0.3, -0.25) is 9.59 Å². The van der Waals surface area contributed by atoms with Gasteiger partial charge in [0.25, 0.3) is 0 Å². The molecule has 1 aliphatic heterocycles. The highest BCUT2D eigenvalue weighted by atomic mass is 16.1. The number of hydrogen-bond acceptors (Lipinski definition) is 4. The number of Topliss-reactive ketones (excluding diaryl/α,β-unsaturated/α-hetero) is 1. The Morgan fingerprint density at radius 2 is 2.15 bits per heavy atom. The van der Waals surface area contributed by atoms with Crippen LogP contribution >= 0.6 is 0 Å². The van der Waals surface area contributed by atoms with Gasteiger partial charge in [0.05, 0.1) is 12.1 Å². The molecule has 1 aromatic heterocycles. The summed E-state index contributed by atoms with van der Waals surface area (Å²) < 4.78 is 0. The molecule has 0 aliphatic carbocycles. The van der Waals surface area contributed by atoms with E-state index in [0.717, 1.165) is 11.3 Å². The Kier molecular flexibility index (Phi) is 3.25. The van der Waals surface area contributed by atoms with Crippen LogP contribution in [0.3, 0.4) is 0 Å². The number of nitrogens with zero attached hydrogens (tertiary/aromatic N) is 2. The Labute approximate surface area is 116 Å². The van der Waals surface area contributed by atoms with Gasteiger partial charge in [-0.15, -0.1) is 0 Å². The van der Waals surface area contributed by atoms with Crippen molar-refractivity contribution in [3.05, 3.63) is 53.6 Å². The summed E-state index contributed by atoms with van der Waals surface area (Å²) in [4.78, 5) is 31.4. The normalized spacial score (nSPS) is 13.5. The fourth-order valence-corrected chi connectivity index (χ4v) is 2.25. The Bertz CT molecular complexity index is 668. The Morgan fingerprint density at radius 1 is 1.25 bits per heavy atom. The topological polar surface area (TPSA) is 72.0 Å². The lowest BCUT2D eigenvalue weighted by atomic mass is 9.97. The predicted octanol–water partition coefficient (Wildman–Crippen LogP) is 1.79. The fourth-order valence-electron chi connectivity index (χ4n) is 2.25. The highest BCUT2D eigenvalue weighted by molar-refractivity contribution is 5.99. The summed E-state index contributed by atoms with van der Waals surface area (Å²) in [5, 5.41) is 2.80. The number of nitrogens with one attached hydrogen (secondary N) is 1. The molecule has 20 heavy (non-hydrogen) atoms. The van der Waals surface area contributed by atoms with Crippen molar-refractivity contribution in [1.82, 2.24) is 9.97 Å². The van der Waals surface area contributed by atoms with Crippen molar-refractivity contribution >= 4 is 17.4 Å². The van der Waals surface area contributed by atoms with E-state index < -0.39 is 0 Å². The van der Waals surface area contributed by atoms with E-state index >= 15 is 0 Å². The molecule has 3 rings (SSSR count). The maximum Gasteiger partial charge on any atom is 0.224 e. The van der Waals surface area contributed by atoms with Gasteiger partial charge in [0, 0.05) is 23.9 Å². The molecule has 1 N–H and O–H groups in total. The number of carbonyl (C=O) groups excluding carboxylic acids is 2. The third kappa shape index (κ3) is 2.56. The second-order valence-corrected chi connectivity index (χ2v) is 4.72. The quantitative estimate of drug-likeness (QED) is 0.860. The van der Waals surface area contributed by atoms with E-state index in [0.29, 0.717) is 24.1 Å². The van der Waals surface area contributed by atoms with E-state index in [2.05, 4.69) is 15.3 Å². The van der Waals surface area contributed by atoms with E-state index in [4.69, 9.17) is 0 Å². The molecule has 1 amide bonds. The summed E-state index contributed by atoms with van der Waals surface area (Å²) in [5.41, 5.74) is 3.17. The van der Waals surface area contributed by atoms with Gasteiger partial charge in [-0.05, 0) is 36.2 Å². The van der Waals surface area contributed by atoms with Gasteiger partial charge in [0.15, 0.2) is 5.78 Å². The summed E-state index contributed by atoms with van der Waals surface area (Å²) in [6, 6.07) is 7.13. The number of carbonyl (C=O) groups is 2. The molecule has 1 aromatic carbocycles. The summed E-state index contributed by atoms with van der Waals surface area (Å²) in [7, 11) is 0. The number of anilines is 1. The van der Waals surface area contributed by atoms with Gasteiger partial charge < -0.3 is 5.32 Å². The SMILES string of the molecule is O=C1CCc2cc(C(=O)Cc3ccncn3)ccc2N1. The van der Waals surface area contributed by atoms with E-state index in [9.17, 15) is 9.59 Å². The molecular weight excluding hydrogens is 254 g/mol. The molecule has 0 unspecified atom stereocenters. The smallest absolute Gasteiger partial charge is 0.224 e. The first kappa shape index (κ1) is 12.5. The van der Waals surface area contributed by atoms with Crippen molar-refractivity contribution in [3.8, 4) is 0 Å². The largest absolute Gasteiger partial charge is 0.326 e. The van der Waals surface area contributed by atoms with Crippen molar-refractivity contribution in [2.75, 3.05) is 5.32 Å². The summed E-state index contributed by atoms with van der Waals surface area (Å²) in [6.45, 7) is 0. The third-order valence-corrected chi connectivity index (χ3v) is 3.31. The van der Waals surface area contributed by atoms with Crippen LogP contribution in [0.2, 0.25) is 0 Å². The van der Waals surface area contributed by atoms with Gasteiger partial charge in [0.2, 0.25) is 5.91 Å². The first-order valence-electron chi connectivity index (χ1n) is 6.43. The number of amides is 1. The molecule has 5 nitrogen and oxygen atoms in total. The van der Waals surface area contributed by atoms with Crippen molar-refractivity contribution in [2.45, 2.75) is 19.3 Å². The van der Waals surface area contributed by atoms with Crippen LogP contribution < -0.4 is 5.32 Å². The van der Waals surface area contributed by atoms with Crippen LogP contribution in [0.1, 0.15) is 28.0 Å². The zero-order valence-corrected chi connectivity index (χ0v) is 10.8. The van der Waals surface area contributed by atoms with E-state index in [-0.39, 0.29) is 18.1 Å². The number of rotatable bonds is 3. The van der Waals surface area contributed by atoms with Gasteiger partial charge in [0.1, 0.15) is 6.33 Å². The van der Waals surface area contributed by atoms with Crippen LogP contribution in [-0.2, 0) is 17.6 Å². The standard InChI is InChI=1S/C15H13N3O2/c19-14(8-12-5-6-16-9-17-12)11-1-3-13-10(7-11)2-4-15(20)18-13/h1,3,5-7,9H,2,4,8H2,(H,18,20). The second kappa shape index (κ2) is 5.21. The van der Waals surface area contributed by atoms with E-state index in [1.54, 1.807) is 24.4 Å². The van der Waals surface area contributed by atoms with Gasteiger partial charge in [-0.2, -0.15) is 0 Å². The number of fused-ring (bicyclic) bond motifs is 1. The Hall–Kier alpha value is -2.56. The molecule has 2 aromatic rings. The zero-order chi connectivity index (χ0) is 13.9. The molecule has 0 fully saturated rings. The molecule has 100 valence electrons. The summed E-state index contributed by atoms with van der Waals surface area (Å²) in [5.74, 6) is 0.0426. The Balaban J connectivity index is 1.81. The second-order valence-electron chi connectivity index (χ2n) is 4.72. The minimum Gasteiger partial charge on any atom is -0.326 e. The van der Waals surface area contributed by atoms with Gasteiger partial charge in [-0.25, -0.2) is 9.97 Å². The van der Waals surface area contributed by atoms with Crippen LogP contribution in [0.5, 0.6) is 0 Å². The number of ketones is 1. The highest BCUT2D eigenvalue weighted by Gasteiger charge is 2.16. The van der Waals surface area contributed by atoms with Crippen LogP contribution in [0.15, 0.2) is 36.8 Å². The summed E-state index contributed by atoms with van der Waals surface area (Å²) >= 11 is 0. The minimum atomic E-state index is 0.0170.